The van der Waals surface area contributed by atoms with Gasteiger partial charge in [-0.2, -0.15) is 0 Å². The lowest BCUT2D eigenvalue weighted by molar-refractivity contribution is -0.113. The molecule has 0 saturated carbocycles. The largest absolute Gasteiger partial charge is 0.376 e. The van der Waals surface area contributed by atoms with Crippen molar-refractivity contribution in [2.75, 3.05) is 17.7 Å². The van der Waals surface area contributed by atoms with Gasteiger partial charge in [0, 0.05) is 17.9 Å². The van der Waals surface area contributed by atoms with Crippen LogP contribution < -0.4 is 10.9 Å². The van der Waals surface area contributed by atoms with Crippen molar-refractivity contribution in [3.8, 4) is 0 Å². The number of nitrogens with one attached hydrogen (secondary N) is 1. The van der Waals surface area contributed by atoms with Gasteiger partial charge >= 0.3 is 0 Å². The van der Waals surface area contributed by atoms with Gasteiger partial charge in [0.25, 0.3) is 5.56 Å². The Morgan fingerprint density at radius 1 is 1.30 bits per heavy atom. The zero-order chi connectivity index (χ0) is 22.9. The van der Waals surface area contributed by atoms with Gasteiger partial charge < -0.3 is 10.1 Å². The molecule has 1 fully saturated rings. The molecule has 1 aliphatic rings. The number of carbonyl (C=O) groups excluding carboxylic acids is 2. The molecule has 0 radical (unpaired) electrons. The third kappa shape index (κ3) is 4.31. The van der Waals surface area contributed by atoms with Gasteiger partial charge in [0.05, 0.1) is 23.9 Å². The first-order chi connectivity index (χ1) is 16.0. The number of hydrogen-bond acceptors (Lipinski definition) is 8. The molecule has 5 rings (SSSR count). The minimum absolute atomic E-state index is 0.0201. The molecular formula is C22H21N5O4S2. The van der Waals surface area contributed by atoms with Gasteiger partial charge in [0.2, 0.25) is 11.7 Å². The maximum absolute atomic E-state index is 13.1. The highest BCUT2D eigenvalue weighted by Gasteiger charge is 2.23. The van der Waals surface area contributed by atoms with E-state index in [1.54, 1.807) is 28.8 Å². The van der Waals surface area contributed by atoms with Gasteiger partial charge in [0.1, 0.15) is 4.70 Å². The molecule has 9 nitrogen and oxygen atoms in total. The van der Waals surface area contributed by atoms with E-state index in [1.807, 2.05) is 15.8 Å². The number of benzene rings is 1. The summed E-state index contributed by atoms with van der Waals surface area (Å²) in [5.41, 5.74) is 1.72. The van der Waals surface area contributed by atoms with Crippen molar-refractivity contribution < 1.29 is 14.3 Å². The third-order valence-electron chi connectivity index (χ3n) is 5.48. The van der Waals surface area contributed by atoms with E-state index in [1.165, 1.54) is 30.0 Å². The van der Waals surface area contributed by atoms with E-state index in [4.69, 9.17) is 4.74 Å². The molecular weight excluding hydrogens is 462 g/mol. The summed E-state index contributed by atoms with van der Waals surface area (Å²) in [6.45, 7) is 2.61. The molecule has 1 aliphatic heterocycles. The first-order valence-corrected chi connectivity index (χ1v) is 12.4. The minimum atomic E-state index is -0.230. The lowest BCUT2D eigenvalue weighted by Gasteiger charge is -2.13. The number of Topliss-reactive ketones (excluding diaryl/α,β-unsaturated/α-hetero) is 1. The fourth-order valence-electron chi connectivity index (χ4n) is 3.89. The summed E-state index contributed by atoms with van der Waals surface area (Å²) in [5, 5.41) is 13.8. The van der Waals surface area contributed by atoms with Gasteiger partial charge in [-0.05, 0) is 43.3 Å². The third-order valence-corrected chi connectivity index (χ3v) is 7.30. The Morgan fingerprint density at radius 2 is 2.18 bits per heavy atom. The second-order valence-electron chi connectivity index (χ2n) is 7.78. The summed E-state index contributed by atoms with van der Waals surface area (Å²) < 4.78 is 9.80. The molecule has 4 heterocycles. The van der Waals surface area contributed by atoms with Crippen molar-refractivity contribution >= 4 is 56.5 Å². The standard InChI is InChI=1S/C22H21N5O4S2/c1-13(28)14-4-2-5-15(10-14)23-18(29)12-33-22-25-24-21-26(11-16-6-3-8-31-16)20(30)19-17(27(21)22)7-9-32-19/h2,4-5,7,9-10,16H,3,6,8,11-12H2,1H3,(H,23,29)/t16-/m1/s1. The number of carbonyl (C=O) groups is 2. The maximum atomic E-state index is 13.1. The van der Waals surface area contributed by atoms with Crippen LogP contribution in [0.2, 0.25) is 0 Å². The van der Waals surface area contributed by atoms with Gasteiger partial charge in [-0.1, -0.05) is 23.9 Å². The summed E-state index contributed by atoms with van der Waals surface area (Å²) in [6, 6.07) is 8.69. The summed E-state index contributed by atoms with van der Waals surface area (Å²) in [7, 11) is 0. The summed E-state index contributed by atoms with van der Waals surface area (Å²) in [5.74, 6) is 0.246. The number of hydrogen-bond donors (Lipinski definition) is 1. The second kappa shape index (κ2) is 9.08. The molecule has 170 valence electrons. The lowest BCUT2D eigenvalue weighted by atomic mass is 10.1. The fourth-order valence-corrected chi connectivity index (χ4v) is 5.46. The van der Waals surface area contributed by atoms with Crippen LogP contribution in [0.15, 0.2) is 45.7 Å². The van der Waals surface area contributed by atoms with E-state index in [0.717, 1.165) is 18.4 Å². The smallest absolute Gasteiger partial charge is 0.272 e. The summed E-state index contributed by atoms with van der Waals surface area (Å²) in [6.07, 6.45) is 1.87. The predicted octanol–water partition coefficient (Wildman–Crippen LogP) is 3.22. The van der Waals surface area contributed by atoms with Crippen LogP contribution in [0.25, 0.3) is 16.0 Å². The van der Waals surface area contributed by atoms with Crippen LogP contribution in [-0.2, 0) is 16.1 Å². The number of thiophene rings is 1. The number of nitrogens with zero attached hydrogens (tertiary/aromatic N) is 4. The normalized spacial score (nSPS) is 16.0. The van der Waals surface area contributed by atoms with E-state index >= 15 is 0 Å². The summed E-state index contributed by atoms with van der Waals surface area (Å²) >= 11 is 2.61. The first kappa shape index (κ1) is 21.8. The monoisotopic (exact) mass is 483 g/mol. The highest BCUT2D eigenvalue weighted by atomic mass is 32.2. The molecule has 0 unspecified atom stereocenters. The van der Waals surface area contributed by atoms with Gasteiger partial charge in [-0.3, -0.25) is 23.4 Å². The van der Waals surface area contributed by atoms with E-state index in [2.05, 4.69) is 15.5 Å². The van der Waals surface area contributed by atoms with Crippen molar-refractivity contribution in [3.05, 3.63) is 51.6 Å². The predicted molar refractivity (Wildman–Crippen MR) is 127 cm³/mol. The van der Waals surface area contributed by atoms with Crippen molar-refractivity contribution in [1.82, 2.24) is 19.2 Å². The van der Waals surface area contributed by atoms with Crippen molar-refractivity contribution in [2.45, 2.75) is 37.6 Å². The van der Waals surface area contributed by atoms with Crippen molar-refractivity contribution in [1.29, 1.82) is 0 Å². The quantitative estimate of drug-likeness (QED) is 0.318. The molecule has 1 amide bonds. The zero-order valence-electron chi connectivity index (χ0n) is 17.8. The van der Waals surface area contributed by atoms with Crippen molar-refractivity contribution in [3.63, 3.8) is 0 Å². The molecule has 1 saturated heterocycles. The maximum Gasteiger partial charge on any atom is 0.272 e. The molecule has 3 aromatic heterocycles. The number of ether oxygens (including phenoxy) is 1. The summed E-state index contributed by atoms with van der Waals surface area (Å²) in [4.78, 5) is 37.2. The highest BCUT2D eigenvalue weighted by molar-refractivity contribution is 7.99. The Hall–Kier alpha value is -3.02. The van der Waals surface area contributed by atoms with Crippen LogP contribution in [0, 0.1) is 0 Å². The van der Waals surface area contributed by atoms with Crippen LogP contribution in [0.3, 0.4) is 0 Å². The van der Waals surface area contributed by atoms with Gasteiger partial charge in [-0.15, -0.1) is 21.5 Å². The minimum Gasteiger partial charge on any atom is -0.376 e. The van der Waals surface area contributed by atoms with Gasteiger partial charge in [-0.25, -0.2) is 0 Å². The lowest BCUT2D eigenvalue weighted by Crippen LogP contribution is -2.28. The SMILES string of the molecule is CC(=O)c1cccc(NC(=O)CSc2nnc3n(C[C@H]4CCCO4)c(=O)c4sccc4n23)c1. The van der Waals surface area contributed by atoms with Gasteiger partial charge in [0.15, 0.2) is 10.9 Å². The number of thioether (sulfide) groups is 1. The molecule has 0 spiro atoms. The van der Waals surface area contributed by atoms with E-state index < -0.39 is 0 Å². The Bertz CT molecular complexity index is 1420. The number of amides is 1. The first-order valence-electron chi connectivity index (χ1n) is 10.5. The number of rotatable bonds is 7. The number of aromatic nitrogens is 4. The van der Waals surface area contributed by atoms with Crippen molar-refractivity contribution in [2.24, 2.45) is 0 Å². The van der Waals surface area contributed by atoms with E-state index in [9.17, 15) is 14.4 Å². The zero-order valence-corrected chi connectivity index (χ0v) is 19.4. The number of ketones is 1. The molecule has 0 aliphatic carbocycles. The fraction of sp³-hybridized carbons (Fsp3) is 0.318. The highest BCUT2D eigenvalue weighted by Crippen LogP contribution is 2.25. The van der Waals surface area contributed by atoms with E-state index in [0.29, 0.717) is 40.0 Å². The molecule has 33 heavy (non-hydrogen) atoms. The molecule has 11 heteroatoms. The van der Waals surface area contributed by atoms with Crippen LogP contribution in [0.4, 0.5) is 5.69 Å². The average Bonchev–Trinajstić information content (AvgIpc) is 3.56. The Balaban J connectivity index is 1.40. The molecule has 4 aromatic rings. The topological polar surface area (TPSA) is 108 Å². The number of fused-ring (bicyclic) bond motifs is 3. The Morgan fingerprint density at radius 3 is 2.97 bits per heavy atom. The van der Waals surface area contributed by atoms with Crippen LogP contribution >= 0.6 is 23.1 Å². The van der Waals surface area contributed by atoms with Crippen LogP contribution in [0.5, 0.6) is 0 Å². The Kier molecular flexibility index (Phi) is 6.00. The molecule has 1 N–H and O–H groups in total. The molecule has 0 bridgehead atoms. The molecule has 1 aromatic carbocycles. The average molecular weight is 484 g/mol. The van der Waals surface area contributed by atoms with Crippen LogP contribution in [0.1, 0.15) is 30.1 Å². The Labute approximate surface area is 196 Å². The number of anilines is 1. The molecule has 1 atom stereocenters. The van der Waals surface area contributed by atoms with Crippen LogP contribution in [-0.4, -0.2) is 49.3 Å². The van der Waals surface area contributed by atoms with E-state index in [-0.39, 0.29) is 29.1 Å². The second-order valence-corrected chi connectivity index (χ2v) is 9.64.